The molecule has 0 fully saturated rings. The zero-order chi connectivity index (χ0) is 11.6. The van der Waals surface area contributed by atoms with Crippen molar-refractivity contribution in [3.63, 3.8) is 0 Å². The highest BCUT2D eigenvalue weighted by Crippen LogP contribution is 2.01. The van der Waals surface area contributed by atoms with Gasteiger partial charge in [0.05, 0.1) is 0 Å². The summed E-state index contributed by atoms with van der Waals surface area (Å²) < 4.78 is 0. The minimum Gasteiger partial charge on any atom is -0.356 e. The van der Waals surface area contributed by atoms with E-state index in [-0.39, 0.29) is 5.91 Å². The number of nitrogens with one attached hydrogen (secondary N) is 2. The molecule has 0 aliphatic heterocycles. The lowest BCUT2D eigenvalue weighted by Gasteiger charge is -2.04. The van der Waals surface area contributed by atoms with E-state index in [1.807, 2.05) is 37.4 Å². The molecule has 3 heteroatoms. The standard InChI is InChI=1S/C13H20N2O/c1-14-10-5-11-15-13(16)9-8-12-6-3-2-4-7-12/h2-4,6-7,14H,5,8-11H2,1H3,(H,15,16). The Balaban J connectivity index is 2.11. The second kappa shape index (κ2) is 7.88. The number of carbonyl (C=O) groups excluding carboxylic acids is 1. The summed E-state index contributed by atoms with van der Waals surface area (Å²) in [5, 5.41) is 5.96. The summed E-state index contributed by atoms with van der Waals surface area (Å²) in [5.74, 6) is 0.139. The Labute approximate surface area is 97.2 Å². The van der Waals surface area contributed by atoms with E-state index >= 15 is 0 Å². The second-order valence-corrected chi connectivity index (χ2v) is 3.79. The number of amides is 1. The van der Waals surface area contributed by atoms with Crippen LogP contribution in [0.15, 0.2) is 30.3 Å². The van der Waals surface area contributed by atoms with Crippen molar-refractivity contribution in [3.8, 4) is 0 Å². The first-order valence-electron chi connectivity index (χ1n) is 5.78. The maximum atomic E-state index is 11.4. The van der Waals surface area contributed by atoms with Gasteiger partial charge in [0, 0.05) is 13.0 Å². The third-order valence-electron chi connectivity index (χ3n) is 2.41. The Bertz CT molecular complexity index is 298. The van der Waals surface area contributed by atoms with Crippen molar-refractivity contribution in [1.29, 1.82) is 0 Å². The lowest BCUT2D eigenvalue weighted by atomic mass is 10.1. The fraction of sp³-hybridized carbons (Fsp3) is 0.462. The van der Waals surface area contributed by atoms with Crippen LogP contribution in [0.1, 0.15) is 18.4 Å². The van der Waals surface area contributed by atoms with Gasteiger partial charge in [0.1, 0.15) is 0 Å². The zero-order valence-electron chi connectivity index (χ0n) is 9.83. The molecule has 1 aromatic rings. The highest BCUT2D eigenvalue weighted by Gasteiger charge is 2.00. The average Bonchev–Trinajstić information content (AvgIpc) is 2.33. The molecule has 16 heavy (non-hydrogen) atoms. The van der Waals surface area contributed by atoms with E-state index in [9.17, 15) is 4.79 Å². The van der Waals surface area contributed by atoms with Gasteiger partial charge in [0.15, 0.2) is 0 Å². The van der Waals surface area contributed by atoms with Crippen molar-refractivity contribution in [2.75, 3.05) is 20.1 Å². The van der Waals surface area contributed by atoms with Crippen LogP contribution in [0.2, 0.25) is 0 Å². The summed E-state index contributed by atoms with van der Waals surface area (Å²) in [6.45, 7) is 1.70. The summed E-state index contributed by atoms with van der Waals surface area (Å²) in [7, 11) is 1.91. The van der Waals surface area contributed by atoms with Gasteiger partial charge in [-0.2, -0.15) is 0 Å². The van der Waals surface area contributed by atoms with Crippen LogP contribution in [0.25, 0.3) is 0 Å². The highest BCUT2D eigenvalue weighted by atomic mass is 16.1. The van der Waals surface area contributed by atoms with Crippen molar-refractivity contribution < 1.29 is 4.79 Å². The largest absolute Gasteiger partial charge is 0.356 e. The van der Waals surface area contributed by atoms with Gasteiger partial charge >= 0.3 is 0 Å². The van der Waals surface area contributed by atoms with Crippen molar-refractivity contribution in [2.24, 2.45) is 0 Å². The van der Waals surface area contributed by atoms with Gasteiger partial charge < -0.3 is 10.6 Å². The maximum Gasteiger partial charge on any atom is 0.220 e. The lowest BCUT2D eigenvalue weighted by molar-refractivity contribution is -0.121. The van der Waals surface area contributed by atoms with E-state index in [0.717, 1.165) is 25.9 Å². The highest BCUT2D eigenvalue weighted by molar-refractivity contribution is 5.76. The third kappa shape index (κ3) is 5.51. The Morgan fingerprint density at radius 2 is 1.94 bits per heavy atom. The molecule has 0 aromatic heterocycles. The Morgan fingerprint density at radius 1 is 1.19 bits per heavy atom. The molecule has 1 amide bonds. The monoisotopic (exact) mass is 220 g/mol. The summed E-state index contributed by atoms with van der Waals surface area (Å²) in [6, 6.07) is 10.1. The van der Waals surface area contributed by atoms with E-state index in [2.05, 4.69) is 10.6 Å². The van der Waals surface area contributed by atoms with Crippen LogP contribution >= 0.6 is 0 Å². The number of rotatable bonds is 7. The summed E-state index contributed by atoms with van der Waals surface area (Å²) >= 11 is 0. The van der Waals surface area contributed by atoms with E-state index in [0.29, 0.717) is 6.42 Å². The molecule has 0 unspecified atom stereocenters. The number of hydrogen-bond donors (Lipinski definition) is 2. The first kappa shape index (κ1) is 12.7. The van der Waals surface area contributed by atoms with Crippen molar-refractivity contribution in [2.45, 2.75) is 19.3 Å². The van der Waals surface area contributed by atoms with Crippen LogP contribution in [0.3, 0.4) is 0 Å². The molecule has 1 rings (SSSR count). The number of benzene rings is 1. The molecule has 1 aromatic carbocycles. The predicted octanol–water partition coefficient (Wildman–Crippen LogP) is 1.34. The topological polar surface area (TPSA) is 41.1 Å². The van der Waals surface area contributed by atoms with Crippen LogP contribution in [0.4, 0.5) is 0 Å². The van der Waals surface area contributed by atoms with Crippen molar-refractivity contribution >= 4 is 5.91 Å². The average molecular weight is 220 g/mol. The van der Waals surface area contributed by atoms with Gasteiger partial charge in [-0.1, -0.05) is 30.3 Å². The van der Waals surface area contributed by atoms with Gasteiger partial charge in [-0.15, -0.1) is 0 Å². The van der Waals surface area contributed by atoms with Gasteiger partial charge in [0.2, 0.25) is 5.91 Å². The Hall–Kier alpha value is -1.35. The van der Waals surface area contributed by atoms with Gasteiger partial charge in [-0.05, 0) is 32.0 Å². The minimum absolute atomic E-state index is 0.139. The first-order valence-corrected chi connectivity index (χ1v) is 5.78. The first-order chi connectivity index (χ1) is 7.83. The van der Waals surface area contributed by atoms with Crippen molar-refractivity contribution in [3.05, 3.63) is 35.9 Å². The zero-order valence-corrected chi connectivity index (χ0v) is 9.83. The molecule has 0 bridgehead atoms. The van der Waals surface area contributed by atoms with E-state index in [1.54, 1.807) is 0 Å². The minimum atomic E-state index is 0.139. The predicted molar refractivity (Wildman–Crippen MR) is 66.3 cm³/mol. The second-order valence-electron chi connectivity index (χ2n) is 3.79. The van der Waals surface area contributed by atoms with Crippen LogP contribution in [0, 0.1) is 0 Å². The molecule has 0 atom stereocenters. The smallest absolute Gasteiger partial charge is 0.220 e. The fourth-order valence-electron chi connectivity index (χ4n) is 1.48. The van der Waals surface area contributed by atoms with E-state index in [1.165, 1.54) is 5.56 Å². The summed E-state index contributed by atoms with van der Waals surface area (Å²) in [4.78, 5) is 11.4. The molecule has 0 spiro atoms. The number of aryl methyl sites for hydroxylation is 1. The number of carbonyl (C=O) groups is 1. The summed E-state index contributed by atoms with van der Waals surface area (Å²) in [6.07, 6.45) is 2.37. The molecular weight excluding hydrogens is 200 g/mol. The number of hydrogen-bond acceptors (Lipinski definition) is 2. The van der Waals surface area contributed by atoms with Crippen LogP contribution in [0.5, 0.6) is 0 Å². The maximum absolute atomic E-state index is 11.4. The normalized spacial score (nSPS) is 10.1. The van der Waals surface area contributed by atoms with Gasteiger partial charge in [-0.25, -0.2) is 0 Å². The molecule has 88 valence electrons. The van der Waals surface area contributed by atoms with Gasteiger partial charge in [0.25, 0.3) is 0 Å². The van der Waals surface area contributed by atoms with Crippen LogP contribution in [-0.4, -0.2) is 26.0 Å². The Kier molecular flexibility index (Phi) is 6.26. The molecule has 3 nitrogen and oxygen atoms in total. The summed E-state index contributed by atoms with van der Waals surface area (Å²) in [5.41, 5.74) is 1.22. The SMILES string of the molecule is CNCCCNC(=O)CCc1ccccc1. The van der Waals surface area contributed by atoms with Crippen LogP contribution in [-0.2, 0) is 11.2 Å². The van der Waals surface area contributed by atoms with Crippen LogP contribution < -0.4 is 10.6 Å². The van der Waals surface area contributed by atoms with Crippen molar-refractivity contribution in [1.82, 2.24) is 10.6 Å². The lowest BCUT2D eigenvalue weighted by Crippen LogP contribution is -2.26. The molecule has 0 aliphatic carbocycles. The molecule has 0 aliphatic rings. The van der Waals surface area contributed by atoms with Gasteiger partial charge in [-0.3, -0.25) is 4.79 Å². The third-order valence-corrected chi connectivity index (χ3v) is 2.41. The fourth-order valence-corrected chi connectivity index (χ4v) is 1.48. The van der Waals surface area contributed by atoms with E-state index < -0.39 is 0 Å². The molecule has 0 heterocycles. The van der Waals surface area contributed by atoms with E-state index in [4.69, 9.17) is 0 Å². The quantitative estimate of drug-likeness (QED) is 0.681. The molecule has 0 saturated heterocycles. The molecule has 0 radical (unpaired) electrons. The Morgan fingerprint density at radius 3 is 2.62 bits per heavy atom. The molecule has 2 N–H and O–H groups in total. The molecule has 0 saturated carbocycles. The molecular formula is C13H20N2O.